The Kier molecular flexibility index (Phi) is 6.65. The number of carboxylic acids is 1. The van der Waals surface area contributed by atoms with Crippen molar-refractivity contribution in [2.24, 2.45) is 7.05 Å². The predicted molar refractivity (Wildman–Crippen MR) is 118 cm³/mol. The van der Waals surface area contributed by atoms with Crippen molar-refractivity contribution in [3.05, 3.63) is 75.2 Å². The zero-order chi connectivity index (χ0) is 24.5. The number of para-hydroxylation sites is 1. The van der Waals surface area contributed by atoms with Gasteiger partial charge in [-0.15, -0.1) is 0 Å². The molecule has 0 unspecified atom stereocenters. The number of rotatable bonds is 6. The summed E-state index contributed by atoms with van der Waals surface area (Å²) in [5.41, 5.74) is -1.22. The first-order valence-electron chi connectivity index (χ1n) is 9.59. The van der Waals surface area contributed by atoms with Crippen molar-refractivity contribution >= 4 is 39.4 Å². The van der Waals surface area contributed by atoms with E-state index in [2.05, 4.69) is 0 Å². The van der Waals surface area contributed by atoms with Gasteiger partial charge >= 0.3 is 6.09 Å². The molecule has 1 aromatic heterocycles. The number of hydrogen-bond donors (Lipinski definition) is 0. The summed E-state index contributed by atoms with van der Waals surface area (Å²) < 4.78 is 34.9. The SMILES string of the molecule is CCOC(=O)N(c1c(C)n(C)n(-c2ccccc2)c1=O)S(=O)(=O)c1cc(C(=O)[O-])ccc1Cl. The van der Waals surface area contributed by atoms with Crippen LogP contribution >= 0.6 is 11.6 Å². The molecule has 0 radical (unpaired) electrons. The van der Waals surface area contributed by atoms with E-state index in [-0.39, 0.29) is 21.6 Å². The smallest absolute Gasteiger partial charge is 0.428 e. The molecular weight excluding hydrogens is 474 g/mol. The largest absolute Gasteiger partial charge is 0.545 e. The fraction of sp³-hybridized carbons (Fsp3) is 0.190. The molecule has 10 nitrogen and oxygen atoms in total. The van der Waals surface area contributed by atoms with Crippen molar-refractivity contribution in [1.29, 1.82) is 0 Å². The third-order valence-corrected chi connectivity index (χ3v) is 6.99. The monoisotopic (exact) mass is 492 g/mol. The molecule has 0 aliphatic carbocycles. The zero-order valence-electron chi connectivity index (χ0n) is 17.8. The summed E-state index contributed by atoms with van der Waals surface area (Å²) in [4.78, 5) is 36.8. The van der Waals surface area contributed by atoms with Crippen LogP contribution in [0.4, 0.5) is 10.5 Å². The maximum Gasteiger partial charge on any atom is 0.428 e. The Morgan fingerprint density at radius 3 is 2.36 bits per heavy atom. The van der Waals surface area contributed by atoms with E-state index in [0.29, 0.717) is 5.69 Å². The molecule has 0 N–H and O–H groups in total. The summed E-state index contributed by atoms with van der Waals surface area (Å²) in [6.07, 6.45) is -1.35. The van der Waals surface area contributed by atoms with Gasteiger partial charge < -0.3 is 14.6 Å². The molecule has 1 amide bonds. The standard InChI is InChI=1S/C21H20ClN3O7S/c1-4-32-21(29)25(33(30,31)17-12-14(20(27)28)10-11-16(17)22)18-13(2)23(3)24(19(18)26)15-8-6-5-7-9-15/h5-12H,4H2,1-3H3,(H,27,28)/p-1. The minimum Gasteiger partial charge on any atom is -0.545 e. The molecular formula is C21H19ClN3O7S-. The number of carbonyl (C=O) groups excluding carboxylic acids is 2. The predicted octanol–water partition coefficient (Wildman–Crippen LogP) is 1.85. The lowest BCUT2D eigenvalue weighted by Crippen LogP contribution is -2.41. The van der Waals surface area contributed by atoms with Crippen molar-refractivity contribution in [3.8, 4) is 5.69 Å². The number of ether oxygens (including phenoxy) is 1. The van der Waals surface area contributed by atoms with E-state index in [1.807, 2.05) is 0 Å². The first-order valence-corrected chi connectivity index (χ1v) is 11.4. The molecule has 2 aromatic carbocycles. The second kappa shape index (κ2) is 9.12. The number of benzene rings is 2. The third-order valence-electron chi connectivity index (χ3n) is 4.85. The van der Waals surface area contributed by atoms with E-state index in [4.69, 9.17) is 16.3 Å². The molecule has 3 aromatic rings. The first-order chi connectivity index (χ1) is 15.5. The Morgan fingerprint density at radius 1 is 1.15 bits per heavy atom. The number of nitrogens with zero attached hydrogens (tertiary/aromatic N) is 3. The van der Waals surface area contributed by atoms with Gasteiger partial charge in [-0.1, -0.05) is 35.9 Å². The molecule has 0 atom stereocenters. The number of carboxylic acid groups (broad SMARTS) is 1. The Morgan fingerprint density at radius 2 is 1.79 bits per heavy atom. The lowest BCUT2D eigenvalue weighted by Gasteiger charge is -2.21. The van der Waals surface area contributed by atoms with Gasteiger partial charge in [0.05, 0.1) is 29.0 Å². The molecule has 0 fully saturated rings. The van der Waals surface area contributed by atoms with E-state index in [9.17, 15) is 27.9 Å². The second-order valence-corrected chi connectivity index (χ2v) is 8.97. The first kappa shape index (κ1) is 24.1. The molecule has 0 bridgehead atoms. The fourth-order valence-electron chi connectivity index (χ4n) is 3.21. The van der Waals surface area contributed by atoms with Crippen LogP contribution in [0.2, 0.25) is 5.02 Å². The molecule has 33 heavy (non-hydrogen) atoms. The highest BCUT2D eigenvalue weighted by atomic mass is 35.5. The number of amides is 1. The van der Waals surface area contributed by atoms with Crippen molar-refractivity contribution in [2.75, 3.05) is 10.9 Å². The normalized spacial score (nSPS) is 11.3. The van der Waals surface area contributed by atoms with Crippen LogP contribution in [-0.2, 0) is 21.8 Å². The van der Waals surface area contributed by atoms with Gasteiger partial charge in [0.2, 0.25) is 0 Å². The minimum atomic E-state index is -4.88. The number of aromatic nitrogens is 2. The Bertz CT molecular complexity index is 1400. The lowest BCUT2D eigenvalue weighted by molar-refractivity contribution is -0.255. The van der Waals surface area contributed by atoms with Crippen LogP contribution in [0.5, 0.6) is 0 Å². The van der Waals surface area contributed by atoms with Crippen LogP contribution in [0.25, 0.3) is 5.69 Å². The van der Waals surface area contributed by atoms with Crippen LogP contribution in [0.1, 0.15) is 23.0 Å². The maximum absolute atomic E-state index is 13.6. The number of halogens is 1. The molecule has 1 heterocycles. The van der Waals surface area contributed by atoms with Crippen LogP contribution in [-0.4, -0.2) is 36.5 Å². The van der Waals surface area contributed by atoms with Gasteiger partial charge in [-0.3, -0.25) is 9.48 Å². The van der Waals surface area contributed by atoms with Gasteiger partial charge in [0.15, 0.2) is 5.69 Å². The van der Waals surface area contributed by atoms with Crippen LogP contribution in [0.15, 0.2) is 58.2 Å². The number of carbonyl (C=O) groups is 2. The van der Waals surface area contributed by atoms with Crippen LogP contribution < -0.4 is 15.0 Å². The van der Waals surface area contributed by atoms with Gasteiger partial charge in [0.1, 0.15) is 4.90 Å². The van der Waals surface area contributed by atoms with Gasteiger partial charge in [0, 0.05) is 7.05 Å². The number of sulfonamides is 1. The highest BCUT2D eigenvalue weighted by Crippen LogP contribution is 2.31. The molecule has 3 rings (SSSR count). The summed E-state index contributed by atoms with van der Waals surface area (Å²) in [5, 5.41) is 10.9. The van der Waals surface area contributed by atoms with Crippen molar-refractivity contribution in [1.82, 2.24) is 9.36 Å². The summed E-state index contributed by atoms with van der Waals surface area (Å²) >= 11 is 6.05. The topological polar surface area (TPSA) is 131 Å². The Balaban J connectivity index is 2.33. The van der Waals surface area contributed by atoms with Gasteiger partial charge in [-0.25, -0.2) is 17.9 Å². The van der Waals surface area contributed by atoms with Crippen molar-refractivity contribution < 1.29 is 27.9 Å². The molecule has 0 saturated carbocycles. The van der Waals surface area contributed by atoms with Crippen LogP contribution in [0, 0.1) is 6.92 Å². The van der Waals surface area contributed by atoms with Gasteiger partial charge in [0.25, 0.3) is 15.6 Å². The highest BCUT2D eigenvalue weighted by molar-refractivity contribution is 7.93. The van der Waals surface area contributed by atoms with Crippen molar-refractivity contribution in [3.63, 3.8) is 0 Å². The molecule has 12 heteroatoms. The summed E-state index contributed by atoms with van der Waals surface area (Å²) in [6.45, 7) is 2.74. The van der Waals surface area contributed by atoms with E-state index < -0.39 is 43.8 Å². The number of aromatic carboxylic acids is 1. The minimum absolute atomic E-state index is 0.132. The summed E-state index contributed by atoms with van der Waals surface area (Å²) in [6, 6.07) is 11.2. The fourth-order valence-corrected chi connectivity index (χ4v) is 5.10. The van der Waals surface area contributed by atoms with E-state index in [1.54, 1.807) is 30.3 Å². The van der Waals surface area contributed by atoms with Gasteiger partial charge in [-0.2, -0.15) is 4.31 Å². The second-order valence-electron chi connectivity index (χ2n) is 6.81. The third kappa shape index (κ3) is 4.24. The lowest BCUT2D eigenvalue weighted by atomic mass is 10.2. The number of hydrogen-bond acceptors (Lipinski definition) is 7. The molecule has 0 saturated heterocycles. The molecule has 174 valence electrons. The van der Waals surface area contributed by atoms with E-state index in [0.717, 1.165) is 18.2 Å². The quantitative estimate of drug-likeness (QED) is 0.513. The zero-order valence-corrected chi connectivity index (χ0v) is 19.4. The average molecular weight is 493 g/mol. The molecule has 0 spiro atoms. The van der Waals surface area contributed by atoms with Crippen LogP contribution in [0.3, 0.4) is 0 Å². The van der Waals surface area contributed by atoms with E-state index >= 15 is 0 Å². The summed E-state index contributed by atoms with van der Waals surface area (Å²) in [5.74, 6) is -1.65. The van der Waals surface area contributed by atoms with Crippen molar-refractivity contribution in [2.45, 2.75) is 18.7 Å². The maximum atomic E-state index is 13.6. The van der Waals surface area contributed by atoms with Gasteiger partial charge in [-0.05, 0) is 43.7 Å². The molecule has 0 aliphatic heterocycles. The Hall–Kier alpha value is -3.57. The Labute approximate surface area is 194 Å². The summed E-state index contributed by atoms with van der Waals surface area (Å²) in [7, 11) is -3.36. The average Bonchev–Trinajstić information content (AvgIpc) is 2.98. The van der Waals surface area contributed by atoms with E-state index in [1.165, 1.54) is 30.3 Å². The highest BCUT2D eigenvalue weighted by Gasteiger charge is 2.39. The number of anilines is 1. The molecule has 0 aliphatic rings.